The normalized spacial score (nSPS) is 19.1. The van der Waals surface area contributed by atoms with E-state index in [4.69, 9.17) is 0 Å². The Morgan fingerprint density at radius 1 is 1.14 bits per heavy atom. The van der Waals surface area contributed by atoms with E-state index in [1.165, 1.54) is 10.5 Å². The average Bonchev–Trinajstić information content (AvgIpc) is 3.22. The summed E-state index contributed by atoms with van der Waals surface area (Å²) >= 11 is 0. The molecule has 1 saturated carbocycles. The Morgan fingerprint density at radius 3 is 2.41 bits per heavy atom. The largest absolute Gasteiger partial charge is 0.350 e. The van der Waals surface area contributed by atoms with Crippen LogP contribution in [0, 0.1) is 5.92 Å². The van der Waals surface area contributed by atoms with Crippen molar-refractivity contribution in [2.75, 3.05) is 6.54 Å². The Morgan fingerprint density at radius 2 is 1.79 bits per heavy atom. The molecule has 2 N–H and O–H groups in total. The highest BCUT2D eigenvalue weighted by Gasteiger charge is 2.52. The maximum Gasteiger partial charge on any atom is 0.325 e. The van der Waals surface area contributed by atoms with E-state index in [0.717, 1.165) is 37.7 Å². The Balaban J connectivity index is 1.44. The average molecular weight is 400 g/mol. The van der Waals surface area contributed by atoms with E-state index in [1.54, 1.807) is 0 Å². The van der Waals surface area contributed by atoms with Gasteiger partial charge in [0.2, 0.25) is 5.91 Å². The fourth-order valence-corrected chi connectivity index (χ4v) is 4.41. The standard InChI is InChI=1S/C23H33N3O3/c1-16(2)15-18-8-10-19(11-9-18)17(3)24-20(27)7-6-14-26-21(28)23(25-22(26)29)12-4-5-13-23/h8-11,16-17H,4-7,12-15H2,1-3H3,(H,24,27)(H,25,29)/t17-/m1/s1. The van der Waals surface area contributed by atoms with Crippen molar-refractivity contribution >= 4 is 17.8 Å². The Labute approximate surface area is 173 Å². The minimum Gasteiger partial charge on any atom is -0.350 e. The number of nitrogens with zero attached hydrogens (tertiary/aromatic N) is 1. The monoisotopic (exact) mass is 399 g/mol. The maximum atomic E-state index is 12.6. The number of benzene rings is 1. The molecule has 6 heteroatoms. The van der Waals surface area contributed by atoms with Crippen LogP contribution in [-0.4, -0.2) is 34.8 Å². The van der Waals surface area contributed by atoms with Crippen LogP contribution in [0.3, 0.4) is 0 Å². The molecular weight excluding hydrogens is 366 g/mol. The highest BCUT2D eigenvalue weighted by Crippen LogP contribution is 2.35. The first-order valence-corrected chi connectivity index (χ1v) is 10.8. The second-order valence-corrected chi connectivity index (χ2v) is 8.91. The number of rotatable bonds is 8. The minimum atomic E-state index is -0.671. The van der Waals surface area contributed by atoms with Crippen LogP contribution in [0.15, 0.2) is 24.3 Å². The van der Waals surface area contributed by atoms with Gasteiger partial charge in [0, 0.05) is 13.0 Å². The third-order valence-corrected chi connectivity index (χ3v) is 5.99. The number of hydrogen-bond acceptors (Lipinski definition) is 3. The molecule has 3 rings (SSSR count). The first-order valence-electron chi connectivity index (χ1n) is 10.8. The zero-order valence-electron chi connectivity index (χ0n) is 17.8. The van der Waals surface area contributed by atoms with Crippen LogP contribution in [0.1, 0.15) is 76.5 Å². The lowest BCUT2D eigenvalue weighted by atomic mass is 9.98. The Kier molecular flexibility index (Phi) is 6.60. The van der Waals surface area contributed by atoms with E-state index in [9.17, 15) is 14.4 Å². The molecule has 0 unspecified atom stereocenters. The lowest BCUT2D eigenvalue weighted by Gasteiger charge is -2.20. The highest BCUT2D eigenvalue weighted by atomic mass is 16.2. The Hall–Kier alpha value is -2.37. The molecule has 6 nitrogen and oxygen atoms in total. The smallest absolute Gasteiger partial charge is 0.325 e. The van der Waals surface area contributed by atoms with Gasteiger partial charge >= 0.3 is 6.03 Å². The molecule has 0 radical (unpaired) electrons. The van der Waals surface area contributed by atoms with Crippen LogP contribution in [0.4, 0.5) is 4.79 Å². The van der Waals surface area contributed by atoms with Gasteiger partial charge in [0.1, 0.15) is 5.54 Å². The van der Waals surface area contributed by atoms with Gasteiger partial charge in [0.05, 0.1) is 6.04 Å². The molecule has 4 amide bonds. The quantitative estimate of drug-likeness (QED) is 0.654. The van der Waals surface area contributed by atoms with Crippen molar-refractivity contribution in [1.29, 1.82) is 0 Å². The first kappa shape index (κ1) is 21.3. The van der Waals surface area contributed by atoms with Crippen molar-refractivity contribution in [3.05, 3.63) is 35.4 Å². The summed E-state index contributed by atoms with van der Waals surface area (Å²) in [4.78, 5) is 38.4. The molecule has 2 fully saturated rings. The summed E-state index contributed by atoms with van der Waals surface area (Å²) in [6, 6.07) is 7.98. The topological polar surface area (TPSA) is 78.5 Å². The molecule has 1 spiro atoms. The molecule has 158 valence electrons. The number of imide groups is 1. The number of nitrogens with one attached hydrogen (secondary N) is 2. The van der Waals surface area contributed by atoms with Crippen molar-refractivity contribution < 1.29 is 14.4 Å². The van der Waals surface area contributed by atoms with Gasteiger partial charge in [-0.15, -0.1) is 0 Å². The fourth-order valence-electron chi connectivity index (χ4n) is 4.41. The van der Waals surface area contributed by atoms with E-state index in [-0.39, 0.29) is 30.4 Å². The Bertz CT molecular complexity index is 751. The van der Waals surface area contributed by atoms with E-state index in [1.807, 2.05) is 6.92 Å². The predicted molar refractivity (Wildman–Crippen MR) is 112 cm³/mol. The predicted octanol–water partition coefficient (Wildman–Crippen LogP) is 3.71. The molecule has 1 aromatic carbocycles. The summed E-state index contributed by atoms with van der Waals surface area (Å²) in [5.41, 5.74) is 1.70. The second kappa shape index (κ2) is 8.97. The van der Waals surface area contributed by atoms with Crippen molar-refractivity contribution in [1.82, 2.24) is 15.5 Å². The molecule has 1 aliphatic heterocycles. The summed E-state index contributed by atoms with van der Waals surface area (Å²) in [5, 5.41) is 5.88. The third kappa shape index (κ3) is 4.98. The van der Waals surface area contributed by atoms with Gasteiger partial charge in [0.15, 0.2) is 0 Å². The highest BCUT2D eigenvalue weighted by molar-refractivity contribution is 6.07. The SMILES string of the molecule is CC(C)Cc1ccc([C@@H](C)NC(=O)CCCN2C(=O)NC3(CCCC3)C2=O)cc1. The van der Waals surface area contributed by atoms with Crippen molar-refractivity contribution in [3.8, 4) is 0 Å². The van der Waals surface area contributed by atoms with Gasteiger partial charge in [-0.05, 0) is 49.7 Å². The lowest BCUT2D eigenvalue weighted by molar-refractivity contribution is -0.131. The number of amides is 4. The fraction of sp³-hybridized carbons (Fsp3) is 0.609. The van der Waals surface area contributed by atoms with Crippen LogP contribution in [0.5, 0.6) is 0 Å². The van der Waals surface area contributed by atoms with Crippen LogP contribution in [0.25, 0.3) is 0 Å². The maximum absolute atomic E-state index is 12.6. The summed E-state index contributed by atoms with van der Waals surface area (Å²) in [6.07, 6.45) is 5.20. The van der Waals surface area contributed by atoms with Crippen molar-refractivity contribution in [2.45, 2.75) is 77.3 Å². The van der Waals surface area contributed by atoms with E-state index in [2.05, 4.69) is 48.7 Å². The van der Waals surface area contributed by atoms with Crippen molar-refractivity contribution in [3.63, 3.8) is 0 Å². The molecule has 29 heavy (non-hydrogen) atoms. The molecule has 1 saturated heterocycles. The van der Waals surface area contributed by atoms with Gasteiger partial charge in [-0.1, -0.05) is 51.0 Å². The van der Waals surface area contributed by atoms with Crippen LogP contribution < -0.4 is 10.6 Å². The number of carbonyl (C=O) groups is 3. The zero-order valence-corrected chi connectivity index (χ0v) is 17.8. The van der Waals surface area contributed by atoms with E-state index >= 15 is 0 Å². The molecule has 1 aliphatic carbocycles. The number of urea groups is 1. The number of hydrogen-bond donors (Lipinski definition) is 2. The summed E-state index contributed by atoms with van der Waals surface area (Å²) < 4.78 is 0. The lowest BCUT2D eigenvalue weighted by Crippen LogP contribution is -2.44. The second-order valence-electron chi connectivity index (χ2n) is 8.91. The van der Waals surface area contributed by atoms with Gasteiger partial charge < -0.3 is 10.6 Å². The number of carbonyl (C=O) groups excluding carboxylic acids is 3. The zero-order chi connectivity index (χ0) is 21.0. The molecular formula is C23H33N3O3. The van der Waals surface area contributed by atoms with Crippen LogP contribution in [-0.2, 0) is 16.0 Å². The molecule has 1 heterocycles. The molecule has 1 atom stereocenters. The van der Waals surface area contributed by atoms with Gasteiger partial charge in [-0.25, -0.2) is 4.79 Å². The summed E-state index contributed by atoms with van der Waals surface area (Å²) in [6.45, 7) is 6.65. The van der Waals surface area contributed by atoms with Gasteiger partial charge in [-0.2, -0.15) is 0 Å². The van der Waals surface area contributed by atoms with Crippen LogP contribution in [0.2, 0.25) is 0 Å². The van der Waals surface area contributed by atoms with Crippen LogP contribution >= 0.6 is 0 Å². The molecule has 0 aromatic heterocycles. The minimum absolute atomic E-state index is 0.0635. The van der Waals surface area contributed by atoms with Gasteiger partial charge in [-0.3, -0.25) is 14.5 Å². The molecule has 2 aliphatic rings. The van der Waals surface area contributed by atoms with Gasteiger partial charge in [0.25, 0.3) is 5.91 Å². The third-order valence-electron chi connectivity index (χ3n) is 5.99. The molecule has 1 aromatic rings. The first-order chi connectivity index (χ1) is 13.8. The molecule has 0 bridgehead atoms. The van der Waals surface area contributed by atoms with E-state index in [0.29, 0.717) is 18.8 Å². The van der Waals surface area contributed by atoms with Crippen molar-refractivity contribution in [2.24, 2.45) is 5.92 Å². The van der Waals surface area contributed by atoms with E-state index < -0.39 is 5.54 Å². The summed E-state index contributed by atoms with van der Waals surface area (Å²) in [5.74, 6) is 0.438. The summed E-state index contributed by atoms with van der Waals surface area (Å²) in [7, 11) is 0.